The smallest absolute Gasteiger partial charge is 0.322 e. The molecule has 0 spiro atoms. The largest absolute Gasteiger partial charge is 0.467 e. The summed E-state index contributed by atoms with van der Waals surface area (Å²) in [5.74, 6) is 0.352. The normalized spacial score (nSPS) is 11.9. The summed E-state index contributed by atoms with van der Waals surface area (Å²) >= 11 is 5.76. The second kappa shape index (κ2) is 5.59. The van der Waals surface area contributed by atoms with Gasteiger partial charge < -0.3 is 10.1 Å². The van der Waals surface area contributed by atoms with Crippen LogP contribution < -0.4 is 10.1 Å². The molecule has 0 fully saturated rings. The first-order chi connectivity index (χ1) is 8.69. The van der Waals surface area contributed by atoms with Crippen LogP contribution in [-0.2, 0) is 0 Å². The van der Waals surface area contributed by atoms with Crippen LogP contribution in [0.5, 0.6) is 6.01 Å². The predicted molar refractivity (Wildman–Crippen MR) is 67.7 cm³/mol. The third-order valence-corrected chi connectivity index (χ3v) is 2.42. The Morgan fingerprint density at radius 1 is 1.28 bits per heavy atom. The van der Waals surface area contributed by atoms with E-state index in [1.807, 2.05) is 25.1 Å². The maximum atomic E-state index is 5.76. The molecule has 1 atom stereocenters. The summed E-state index contributed by atoms with van der Waals surface area (Å²) in [6.07, 6.45) is 1.73. The third kappa shape index (κ3) is 3.04. The van der Waals surface area contributed by atoms with Crippen molar-refractivity contribution in [3.63, 3.8) is 0 Å². The molecule has 7 heteroatoms. The van der Waals surface area contributed by atoms with Crippen molar-refractivity contribution in [2.24, 2.45) is 0 Å². The second-order valence-electron chi connectivity index (χ2n) is 3.54. The van der Waals surface area contributed by atoms with Gasteiger partial charge in [0.1, 0.15) is 0 Å². The molecule has 2 rings (SSSR count). The summed E-state index contributed by atoms with van der Waals surface area (Å²) in [6, 6.07) is 5.82. The van der Waals surface area contributed by atoms with Crippen molar-refractivity contribution < 1.29 is 4.74 Å². The molecular formula is C11H12ClN5O. The highest BCUT2D eigenvalue weighted by Crippen LogP contribution is 2.17. The predicted octanol–water partition coefficient (Wildman–Crippen LogP) is 2.10. The minimum Gasteiger partial charge on any atom is -0.467 e. The first-order valence-corrected chi connectivity index (χ1v) is 5.70. The molecule has 0 saturated heterocycles. The molecule has 2 heterocycles. The summed E-state index contributed by atoms with van der Waals surface area (Å²) in [5.41, 5.74) is 0.882. The number of anilines is 1. The topological polar surface area (TPSA) is 72.8 Å². The van der Waals surface area contributed by atoms with Gasteiger partial charge in [0.25, 0.3) is 0 Å². The van der Waals surface area contributed by atoms with Crippen LogP contribution >= 0.6 is 11.6 Å². The van der Waals surface area contributed by atoms with Gasteiger partial charge in [-0.15, -0.1) is 0 Å². The Hall–Kier alpha value is -1.95. The van der Waals surface area contributed by atoms with Crippen LogP contribution in [0.1, 0.15) is 18.7 Å². The number of nitrogens with zero attached hydrogens (tertiary/aromatic N) is 4. The van der Waals surface area contributed by atoms with Gasteiger partial charge in [-0.1, -0.05) is 6.07 Å². The van der Waals surface area contributed by atoms with Gasteiger partial charge in [0.15, 0.2) is 0 Å². The van der Waals surface area contributed by atoms with E-state index in [1.165, 1.54) is 7.11 Å². The Morgan fingerprint density at radius 3 is 2.78 bits per heavy atom. The minimum atomic E-state index is -0.0469. The number of nitrogens with one attached hydrogen (secondary N) is 1. The van der Waals surface area contributed by atoms with E-state index < -0.39 is 0 Å². The lowest BCUT2D eigenvalue weighted by atomic mass is 10.2. The Balaban J connectivity index is 2.16. The number of methoxy groups -OCH3 is 1. The van der Waals surface area contributed by atoms with Gasteiger partial charge in [0.05, 0.1) is 18.8 Å². The van der Waals surface area contributed by atoms with Gasteiger partial charge >= 0.3 is 6.01 Å². The van der Waals surface area contributed by atoms with E-state index in [1.54, 1.807) is 6.20 Å². The summed E-state index contributed by atoms with van der Waals surface area (Å²) in [7, 11) is 1.47. The van der Waals surface area contributed by atoms with Crippen molar-refractivity contribution in [2.45, 2.75) is 13.0 Å². The zero-order valence-corrected chi connectivity index (χ0v) is 10.7. The number of hydrogen-bond acceptors (Lipinski definition) is 6. The fourth-order valence-electron chi connectivity index (χ4n) is 1.39. The Labute approximate surface area is 109 Å². The minimum absolute atomic E-state index is 0.0469. The van der Waals surface area contributed by atoms with Gasteiger partial charge in [-0.25, -0.2) is 0 Å². The van der Waals surface area contributed by atoms with E-state index in [-0.39, 0.29) is 17.3 Å². The van der Waals surface area contributed by atoms with Gasteiger partial charge in [-0.3, -0.25) is 4.98 Å². The first kappa shape index (κ1) is 12.5. The molecule has 0 aliphatic heterocycles. The Kier molecular flexibility index (Phi) is 3.88. The number of pyridine rings is 1. The van der Waals surface area contributed by atoms with E-state index in [9.17, 15) is 0 Å². The number of hydrogen-bond donors (Lipinski definition) is 1. The maximum absolute atomic E-state index is 5.76. The number of rotatable bonds is 4. The molecule has 18 heavy (non-hydrogen) atoms. The zero-order valence-electron chi connectivity index (χ0n) is 9.96. The molecular weight excluding hydrogens is 254 g/mol. The third-order valence-electron chi connectivity index (χ3n) is 2.25. The van der Waals surface area contributed by atoms with Crippen molar-refractivity contribution >= 4 is 17.5 Å². The van der Waals surface area contributed by atoms with Gasteiger partial charge in [0.2, 0.25) is 11.2 Å². The molecule has 2 aromatic rings. The van der Waals surface area contributed by atoms with Crippen LogP contribution in [0.4, 0.5) is 5.95 Å². The standard InChI is InChI=1S/C11H12ClN5O/c1-7(8-5-3-4-6-13-8)14-10-15-9(12)16-11(17-10)18-2/h3-7H,1-2H3,(H,14,15,16,17). The average molecular weight is 266 g/mol. The molecule has 6 nitrogen and oxygen atoms in total. The van der Waals surface area contributed by atoms with E-state index in [0.29, 0.717) is 5.95 Å². The molecule has 0 radical (unpaired) electrons. The van der Waals surface area contributed by atoms with Gasteiger partial charge in [-0.2, -0.15) is 15.0 Å². The highest BCUT2D eigenvalue weighted by Gasteiger charge is 2.10. The van der Waals surface area contributed by atoms with Crippen LogP contribution in [0.15, 0.2) is 24.4 Å². The number of ether oxygens (including phenoxy) is 1. The van der Waals surface area contributed by atoms with Crippen molar-refractivity contribution in [3.8, 4) is 6.01 Å². The lowest BCUT2D eigenvalue weighted by molar-refractivity contribution is 0.378. The molecule has 0 bridgehead atoms. The summed E-state index contributed by atoms with van der Waals surface area (Å²) in [6.45, 7) is 1.95. The molecule has 0 saturated carbocycles. The molecule has 0 aromatic carbocycles. The average Bonchev–Trinajstić information content (AvgIpc) is 2.39. The van der Waals surface area contributed by atoms with E-state index in [2.05, 4.69) is 25.3 Å². The van der Waals surface area contributed by atoms with Crippen molar-refractivity contribution in [3.05, 3.63) is 35.4 Å². The Bertz CT molecular complexity index is 522. The van der Waals surface area contributed by atoms with Crippen LogP contribution in [0.2, 0.25) is 5.28 Å². The van der Waals surface area contributed by atoms with Crippen molar-refractivity contribution in [1.82, 2.24) is 19.9 Å². The van der Waals surface area contributed by atoms with E-state index >= 15 is 0 Å². The van der Waals surface area contributed by atoms with Crippen LogP contribution in [0.25, 0.3) is 0 Å². The quantitative estimate of drug-likeness (QED) is 0.913. The number of halogens is 1. The second-order valence-corrected chi connectivity index (χ2v) is 3.87. The van der Waals surface area contributed by atoms with E-state index in [0.717, 1.165) is 5.69 Å². The zero-order chi connectivity index (χ0) is 13.0. The SMILES string of the molecule is COc1nc(Cl)nc(NC(C)c2ccccn2)n1. The van der Waals surface area contributed by atoms with Gasteiger partial charge in [0, 0.05) is 6.20 Å². The summed E-state index contributed by atoms with van der Waals surface area (Å²) < 4.78 is 4.92. The highest BCUT2D eigenvalue weighted by molar-refractivity contribution is 6.28. The molecule has 2 aromatic heterocycles. The lowest BCUT2D eigenvalue weighted by Gasteiger charge is -2.13. The maximum Gasteiger partial charge on any atom is 0.322 e. The van der Waals surface area contributed by atoms with Crippen LogP contribution in [0.3, 0.4) is 0 Å². The number of aromatic nitrogens is 4. The molecule has 1 unspecified atom stereocenters. The highest BCUT2D eigenvalue weighted by atomic mass is 35.5. The molecule has 0 amide bonds. The van der Waals surface area contributed by atoms with Crippen molar-refractivity contribution in [1.29, 1.82) is 0 Å². The first-order valence-electron chi connectivity index (χ1n) is 5.32. The Morgan fingerprint density at radius 2 is 2.11 bits per heavy atom. The van der Waals surface area contributed by atoms with Gasteiger partial charge in [-0.05, 0) is 30.7 Å². The fraction of sp³-hybridized carbons (Fsp3) is 0.273. The van der Waals surface area contributed by atoms with E-state index in [4.69, 9.17) is 16.3 Å². The molecule has 1 N–H and O–H groups in total. The lowest BCUT2D eigenvalue weighted by Crippen LogP contribution is -2.11. The van der Waals surface area contributed by atoms with Crippen LogP contribution in [-0.4, -0.2) is 27.0 Å². The molecule has 0 aliphatic rings. The van der Waals surface area contributed by atoms with Crippen LogP contribution in [0, 0.1) is 0 Å². The molecule has 0 aliphatic carbocycles. The molecule has 94 valence electrons. The monoisotopic (exact) mass is 265 g/mol. The summed E-state index contributed by atoms with van der Waals surface area (Å²) in [4.78, 5) is 16.1. The van der Waals surface area contributed by atoms with Crippen molar-refractivity contribution in [2.75, 3.05) is 12.4 Å². The fourth-order valence-corrected chi connectivity index (χ4v) is 1.54. The summed E-state index contributed by atoms with van der Waals surface area (Å²) in [5, 5.41) is 3.17.